The molecule has 2 N–H and O–H groups in total. The first-order valence-corrected chi connectivity index (χ1v) is 13.0. The number of amides is 1. The number of aryl methyl sites for hydroxylation is 1. The van der Waals surface area contributed by atoms with Crippen molar-refractivity contribution in [1.29, 1.82) is 0 Å². The minimum atomic E-state index is -0.808. The zero-order valence-corrected chi connectivity index (χ0v) is 23.6. The zero-order valence-electron chi connectivity index (χ0n) is 23.6. The second-order valence-electron chi connectivity index (χ2n) is 10.0. The van der Waals surface area contributed by atoms with Crippen LogP contribution in [-0.2, 0) is 22.6 Å². The molecule has 4 aromatic rings. The van der Waals surface area contributed by atoms with Crippen LogP contribution in [0.1, 0.15) is 54.9 Å². The summed E-state index contributed by atoms with van der Waals surface area (Å²) in [6, 6.07) is 12.7. The second-order valence-corrected chi connectivity index (χ2v) is 10.0. The molecular formula is C29H32N6O6. The lowest BCUT2D eigenvalue weighted by Crippen LogP contribution is -2.34. The van der Waals surface area contributed by atoms with Gasteiger partial charge in [-0.05, 0) is 51.8 Å². The SMILES string of the molecule is CCOC(=O)c1c(NCc2ccc(NC(=O)OC(C)(C)C)nc2)c2c(C)ncnc2n(OCc2ccccc2)c1=O. The minimum Gasteiger partial charge on any atom is -0.462 e. The summed E-state index contributed by atoms with van der Waals surface area (Å²) in [5, 5.41) is 6.19. The van der Waals surface area contributed by atoms with E-state index < -0.39 is 23.2 Å². The number of carbonyl (C=O) groups excluding carboxylic acids is 2. The highest BCUT2D eigenvalue weighted by atomic mass is 16.7. The summed E-state index contributed by atoms with van der Waals surface area (Å²) >= 11 is 0. The zero-order chi connectivity index (χ0) is 29.6. The maximum Gasteiger partial charge on any atom is 0.413 e. The molecule has 3 aromatic heterocycles. The van der Waals surface area contributed by atoms with Gasteiger partial charge in [0.05, 0.1) is 23.4 Å². The van der Waals surface area contributed by atoms with Gasteiger partial charge in [-0.3, -0.25) is 10.1 Å². The van der Waals surface area contributed by atoms with Crippen molar-refractivity contribution in [1.82, 2.24) is 19.7 Å². The molecule has 1 aromatic carbocycles. The van der Waals surface area contributed by atoms with E-state index in [4.69, 9.17) is 14.3 Å². The monoisotopic (exact) mass is 560 g/mol. The third kappa shape index (κ3) is 7.15. The fraction of sp³-hybridized carbons (Fsp3) is 0.310. The molecule has 0 fully saturated rings. The van der Waals surface area contributed by atoms with Crippen molar-refractivity contribution in [3.05, 3.63) is 87.7 Å². The molecule has 0 aliphatic rings. The molecular weight excluding hydrogens is 528 g/mol. The van der Waals surface area contributed by atoms with Gasteiger partial charge in [0, 0.05) is 12.7 Å². The number of rotatable bonds is 9. The van der Waals surface area contributed by atoms with Crippen molar-refractivity contribution >= 4 is 34.6 Å². The van der Waals surface area contributed by atoms with Crippen LogP contribution in [0.2, 0.25) is 0 Å². The molecule has 1 amide bonds. The Kier molecular flexibility index (Phi) is 8.81. The van der Waals surface area contributed by atoms with E-state index in [2.05, 4.69) is 25.6 Å². The fourth-order valence-electron chi connectivity index (χ4n) is 3.94. The van der Waals surface area contributed by atoms with E-state index in [9.17, 15) is 14.4 Å². The molecule has 41 heavy (non-hydrogen) atoms. The first-order valence-electron chi connectivity index (χ1n) is 13.0. The number of hydrogen-bond acceptors (Lipinski definition) is 10. The second kappa shape index (κ2) is 12.5. The van der Waals surface area contributed by atoms with E-state index in [1.807, 2.05) is 30.3 Å². The van der Waals surface area contributed by atoms with E-state index in [-0.39, 0.29) is 36.7 Å². The lowest BCUT2D eigenvalue weighted by atomic mass is 10.1. The molecule has 0 unspecified atom stereocenters. The van der Waals surface area contributed by atoms with Gasteiger partial charge in [0.2, 0.25) is 0 Å². The topological polar surface area (TPSA) is 147 Å². The summed E-state index contributed by atoms with van der Waals surface area (Å²) in [6.45, 7) is 9.03. The van der Waals surface area contributed by atoms with Crippen LogP contribution in [0.3, 0.4) is 0 Å². The number of esters is 1. The first kappa shape index (κ1) is 29.0. The van der Waals surface area contributed by atoms with Crippen LogP contribution in [0.5, 0.6) is 0 Å². The maximum absolute atomic E-state index is 13.7. The van der Waals surface area contributed by atoms with Crippen LogP contribution >= 0.6 is 0 Å². The average molecular weight is 561 g/mol. The Balaban J connectivity index is 1.67. The predicted molar refractivity (Wildman–Crippen MR) is 153 cm³/mol. The molecule has 3 heterocycles. The Hall–Kier alpha value is -5.00. The Bertz CT molecular complexity index is 1600. The van der Waals surface area contributed by atoms with Crippen molar-refractivity contribution in [2.24, 2.45) is 0 Å². The van der Waals surface area contributed by atoms with Gasteiger partial charge in [0.1, 0.15) is 24.4 Å². The summed E-state index contributed by atoms with van der Waals surface area (Å²) in [6.07, 6.45) is 2.26. The van der Waals surface area contributed by atoms with Crippen molar-refractivity contribution < 1.29 is 23.9 Å². The summed E-state index contributed by atoms with van der Waals surface area (Å²) in [4.78, 5) is 57.5. The Morgan fingerprint density at radius 3 is 2.41 bits per heavy atom. The van der Waals surface area contributed by atoms with Gasteiger partial charge in [-0.25, -0.2) is 24.5 Å². The third-order valence-corrected chi connectivity index (χ3v) is 5.71. The van der Waals surface area contributed by atoms with Gasteiger partial charge in [0.15, 0.2) is 11.2 Å². The number of anilines is 2. The summed E-state index contributed by atoms with van der Waals surface area (Å²) in [5.74, 6) is -0.500. The quantitative estimate of drug-likeness (QED) is 0.285. The van der Waals surface area contributed by atoms with E-state index in [0.29, 0.717) is 22.5 Å². The number of nitrogens with zero attached hydrogens (tertiary/aromatic N) is 4. The number of hydrogen-bond donors (Lipinski definition) is 2. The van der Waals surface area contributed by atoms with Gasteiger partial charge >= 0.3 is 17.6 Å². The highest BCUT2D eigenvalue weighted by Gasteiger charge is 2.26. The van der Waals surface area contributed by atoms with Crippen molar-refractivity contribution in [3.63, 3.8) is 0 Å². The van der Waals surface area contributed by atoms with Gasteiger partial charge < -0.3 is 19.6 Å². The Morgan fingerprint density at radius 2 is 1.76 bits per heavy atom. The Labute approximate surface area is 236 Å². The van der Waals surface area contributed by atoms with E-state index in [1.54, 1.807) is 52.9 Å². The number of carbonyl (C=O) groups is 2. The van der Waals surface area contributed by atoms with Gasteiger partial charge in [-0.1, -0.05) is 36.4 Å². The summed E-state index contributed by atoms with van der Waals surface area (Å²) in [7, 11) is 0. The van der Waals surface area contributed by atoms with Crippen LogP contribution in [-0.4, -0.2) is 44.0 Å². The summed E-state index contributed by atoms with van der Waals surface area (Å²) in [5.41, 5.74) is 0.882. The Morgan fingerprint density at radius 1 is 1.00 bits per heavy atom. The van der Waals surface area contributed by atoms with Crippen molar-refractivity contribution in [2.45, 2.75) is 53.4 Å². The smallest absolute Gasteiger partial charge is 0.413 e. The van der Waals surface area contributed by atoms with Crippen molar-refractivity contribution in [2.75, 3.05) is 17.2 Å². The molecule has 214 valence electrons. The number of pyridine rings is 2. The van der Waals surface area contributed by atoms with Crippen LogP contribution < -0.4 is 21.0 Å². The van der Waals surface area contributed by atoms with Gasteiger partial charge in [-0.2, -0.15) is 0 Å². The molecule has 0 atom stereocenters. The maximum atomic E-state index is 13.7. The van der Waals surface area contributed by atoms with Gasteiger partial charge in [0.25, 0.3) is 0 Å². The van der Waals surface area contributed by atoms with E-state index in [1.165, 1.54) is 6.33 Å². The standard InChI is InChI=1S/C29H32N6O6/c1-6-39-27(37)23-24(31-15-20-12-13-21(30-14-20)34-28(38)41-29(3,4)5)22-18(2)32-17-33-25(22)35(26(23)36)40-16-19-10-8-7-9-11-19/h7-14,17,31H,6,15-16H2,1-5H3,(H,30,34,38). The normalized spacial score (nSPS) is 11.1. The molecule has 12 nitrogen and oxygen atoms in total. The molecule has 0 aliphatic carbocycles. The summed E-state index contributed by atoms with van der Waals surface area (Å²) < 4.78 is 11.5. The van der Waals surface area contributed by atoms with Crippen molar-refractivity contribution in [3.8, 4) is 0 Å². The molecule has 12 heteroatoms. The number of nitrogens with one attached hydrogen (secondary N) is 2. The van der Waals surface area contributed by atoms with Crippen LogP contribution in [0.4, 0.5) is 16.3 Å². The van der Waals surface area contributed by atoms with E-state index >= 15 is 0 Å². The third-order valence-electron chi connectivity index (χ3n) is 5.71. The number of benzene rings is 1. The molecule has 0 saturated carbocycles. The molecule has 0 saturated heterocycles. The lowest BCUT2D eigenvalue weighted by Gasteiger charge is -2.19. The number of fused-ring (bicyclic) bond motifs is 1. The lowest BCUT2D eigenvalue weighted by molar-refractivity contribution is 0.0512. The largest absolute Gasteiger partial charge is 0.462 e. The van der Waals surface area contributed by atoms with Gasteiger partial charge in [-0.15, -0.1) is 4.73 Å². The minimum absolute atomic E-state index is 0.0704. The molecule has 0 spiro atoms. The first-order chi connectivity index (χ1) is 19.6. The fourth-order valence-corrected chi connectivity index (χ4v) is 3.94. The predicted octanol–water partition coefficient (Wildman–Crippen LogP) is 4.26. The number of aromatic nitrogens is 4. The number of ether oxygens (including phenoxy) is 2. The van der Waals surface area contributed by atoms with Crippen LogP contribution in [0.15, 0.2) is 59.8 Å². The highest BCUT2D eigenvalue weighted by Crippen LogP contribution is 2.27. The van der Waals surface area contributed by atoms with E-state index in [0.717, 1.165) is 10.3 Å². The van der Waals surface area contributed by atoms with Crippen LogP contribution in [0, 0.1) is 6.92 Å². The van der Waals surface area contributed by atoms with Crippen LogP contribution in [0.25, 0.3) is 11.0 Å². The average Bonchev–Trinajstić information content (AvgIpc) is 2.91. The molecule has 0 aliphatic heterocycles. The highest BCUT2D eigenvalue weighted by molar-refractivity contribution is 6.04. The molecule has 4 rings (SSSR count). The molecule has 0 bridgehead atoms. The molecule has 0 radical (unpaired) electrons.